The summed E-state index contributed by atoms with van der Waals surface area (Å²) in [6, 6.07) is 0.738. The molecular weight excluding hydrogens is 278 g/mol. The predicted octanol–water partition coefficient (Wildman–Crippen LogP) is 3.02. The molecular formula is C13H22BrN3. The molecule has 17 heavy (non-hydrogen) atoms. The molecule has 1 saturated carbocycles. The van der Waals surface area contributed by atoms with Crippen molar-refractivity contribution in [1.29, 1.82) is 0 Å². The predicted molar refractivity (Wildman–Crippen MR) is 73.9 cm³/mol. The summed E-state index contributed by atoms with van der Waals surface area (Å²) in [5.74, 6) is 0.914. The molecule has 3 nitrogen and oxygen atoms in total. The molecule has 2 rings (SSSR count). The van der Waals surface area contributed by atoms with Crippen LogP contribution in [0.3, 0.4) is 0 Å². The highest BCUT2D eigenvalue weighted by Gasteiger charge is 2.35. The van der Waals surface area contributed by atoms with Crippen molar-refractivity contribution in [1.82, 2.24) is 15.1 Å². The van der Waals surface area contributed by atoms with E-state index in [1.54, 1.807) is 0 Å². The number of nitrogens with zero attached hydrogens (tertiary/aromatic N) is 2. The Morgan fingerprint density at radius 2 is 2.24 bits per heavy atom. The van der Waals surface area contributed by atoms with E-state index in [9.17, 15) is 0 Å². The topological polar surface area (TPSA) is 29.9 Å². The fraction of sp³-hybridized carbons (Fsp3) is 0.769. The van der Waals surface area contributed by atoms with Crippen molar-refractivity contribution in [3.8, 4) is 0 Å². The quantitative estimate of drug-likeness (QED) is 0.875. The largest absolute Gasteiger partial charge is 0.308 e. The van der Waals surface area contributed by atoms with Crippen molar-refractivity contribution in [2.24, 2.45) is 13.0 Å². The van der Waals surface area contributed by atoms with Gasteiger partial charge < -0.3 is 5.32 Å². The third-order valence-corrected chi connectivity index (χ3v) is 4.53. The first kappa shape index (κ1) is 13.1. The fourth-order valence-electron chi connectivity index (χ4n) is 2.43. The van der Waals surface area contributed by atoms with Crippen LogP contribution in [0.1, 0.15) is 44.5 Å². The molecule has 1 N–H and O–H groups in total. The standard InChI is InChI=1S/C13H22BrN3/c1-4-6-9-7-11(9)15-8-12-13(14)10(5-2)16-17(12)3/h9,11,15H,4-8H2,1-3H3. The number of hydrogen-bond donors (Lipinski definition) is 1. The lowest BCUT2D eigenvalue weighted by Crippen LogP contribution is -2.19. The third kappa shape index (κ3) is 2.91. The Morgan fingerprint density at radius 1 is 1.47 bits per heavy atom. The van der Waals surface area contributed by atoms with Crippen molar-refractivity contribution in [3.63, 3.8) is 0 Å². The fourth-order valence-corrected chi connectivity index (χ4v) is 3.18. The molecule has 4 heteroatoms. The Kier molecular flexibility index (Phi) is 4.26. The number of hydrogen-bond acceptors (Lipinski definition) is 2. The Labute approximate surface area is 112 Å². The van der Waals surface area contributed by atoms with E-state index in [0.717, 1.165) is 30.6 Å². The molecule has 0 aromatic carbocycles. The molecule has 96 valence electrons. The van der Waals surface area contributed by atoms with Crippen LogP contribution in [0.5, 0.6) is 0 Å². The number of rotatable bonds is 6. The first-order valence-electron chi connectivity index (χ1n) is 6.61. The summed E-state index contributed by atoms with van der Waals surface area (Å²) in [4.78, 5) is 0. The van der Waals surface area contributed by atoms with Gasteiger partial charge in [0.15, 0.2) is 0 Å². The molecule has 0 aliphatic heterocycles. The summed E-state index contributed by atoms with van der Waals surface area (Å²) >= 11 is 3.66. The Morgan fingerprint density at radius 3 is 2.82 bits per heavy atom. The lowest BCUT2D eigenvalue weighted by atomic mass is 10.2. The van der Waals surface area contributed by atoms with Crippen LogP contribution >= 0.6 is 15.9 Å². The second-order valence-corrected chi connectivity index (χ2v) is 5.75. The zero-order valence-electron chi connectivity index (χ0n) is 11.0. The van der Waals surface area contributed by atoms with Gasteiger partial charge in [0.2, 0.25) is 0 Å². The van der Waals surface area contributed by atoms with Crippen molar-refractivity contribution in [2.45, 2.75) is 52.1 Å². The Hall–Kier alpha value is -0.350. The van der Waals surface area contributed by atoms with E-state index in [1.807, 2.05) is 11.7 Å². The first-order chi connectivity index (χ1) is 8.17. The van der Waals surface area contributed by atoms with Crippen LogP contribution < -0.4 is 5.32 Å². The maximum Gasteiger partial charge on any atom is 0.0767 e. The van der Waals surface area contributed by atoms with Gasteiger partial charge in [-0.05, 0) is 41.1 Å². The van der Waals surface area contributed by atoms with E-state index in [0.29, 0.717) is 0 Å². The zero-order valence-corrected chi connectivity index (χ0v) is 12.5. The van der Waals surface area contributed by atoms with Gasteiger partial charge in [-0.2, -0.15) is 5.10 Å². The molecule has 1 aromatic rings. The number of halogens is 1. The number of aryl methyl sites for hydroxylation is 2. The highest BCUT2D eigenvalue weighted by atomic mass is 79.9. The van der Waals surface area contributed by atoms with E-state index in [1.165, 1.54) is 29.4 Å². The van der Waals surface area contributed by atoms with Crippen LogP contribution in [0.2, 0.25) is 0 Å². The summed E-state index contributed by atoms with van der Waals surface area (Å²) in [7, 11) is 2.03. The number of nitrogens with one attached hydrogen (secondary N) is 1. The zero-order chi connectivity index (χ0) is 12.4. The van der Waals surface area contributed by atoms with E-state index in [2.05, 4.69) is 40.2 Å². The van der Waals surface area contributed by atoms with E-state index in [-0.39, 0.29) is 0 Å². The lowest BCUT2D eigenvalue weighted by Gasteiger charge is -2.05. The van der Waals surface area contributed by atoms with Gasteiger partial charge in [-0.25, -0.2) is 0 Å². The van der Waals surface area contributed by atoms with Gasteiger partial charge in [0.05, 0.1) is 15.9 Å². The van der Waals surface area contributed by atoms with E-state index < -0.39 is 0 Å². The van der Waals surface area contributed by atoms with Crippen LogP contribution in [0, 0.1) is 5.92 Å². The second kappa shape index (κ2) is 5.53. The maximum absolute atomic E-state index is 4.51. The van der Waals surface area contributed by atoms with Crippen LogP contribution in [-0.4, -0.2) is 15.8 Å². The van der Waals surface area contributed by atoms with Gasteiger partial charge >= 0.3 is 0 Å². The lowest BCUT2D eigenvalue weighted by molar-refractivity contribution is 0.574. The Balaban J connectivity index is 1.89. The first-order valence-corrected chi connectivity index (χ1v) is 7.40. The summed E-state index contributed by atoms with van der Waals surface area (Å²) < 4.78 is 3.18. The summed E-state index contributed by atoms with van der Waals surface area (Å²) in [6.07, 6.45) is 5.00. The van der Waals surface area contributed by atoms with Crippen molar-refractivity contribution in [2.75, 3.05) is 0 Å². The molecule has 0 amide bonds. The molecule has 2 unspecified atom stereocenters. The van der Waals surface area contributed by atoms with Crippen LogP contribution in [-0.2, 0) is 20.0 Å². The molecule has 1 fully saturated rings. The summed E-state index contributed by atoms with van der Waals surface area (Å²) in [6.45, 7) is 5.33. The minimum absolute atomic E-state index is 0.738. The Bertz CT molecular complexity index is 386. The van der Waals surface area contributed by atoms with Gasteiger partial charge in [-0.15, -0.1) is 0 Å². The van der Waals surface area contributed by atoms with Crippen LogP contribution in [0.4, 0.5) is 0 Å². The van der Waals surface area contributed by atoms with Gasteiger partial charge in [0.25, 0.3) is 0 Å². The summed E-state index contributed by atoms with van der Waals surface area (Å²) in [5, 5.41) is 8.15. The van der Waals surface area contributed by atoms with Crippen molar-refractivity contribution >= 4 is 15.9 Å². The molecule has 1 aliphatic rings. The third-order valence-electron chi connectivity index (χ3n) is 3.62. The van der Waals surface area contributed by atoms with Crippen LogP contribution in [0.25, 0.3) is 0 Å². The molecule has 0 radical (unpaired) electrons. The second-order valence-electron chi connectivity index (χ2n) is 4.96. The average Bonchev–Trinajstić information content (AvgIpc) is 2.98. The minimum atomic E-state index is 0.738. The monoisotopic (exact) mass is 299 g/mol. The molecule has 1 heterocycles. The smallest absolute Gasteiger partial charge is 0.0767 e. The molecule has 0 spiro atoms. The maximum atomic E-state index is 4.51. The van der Waals surface area contributed by atoms with Crippen LogP contribution in [0.15, 0.2) is 4.47 Å². The SMILES string of the molecule is CCCC1CC1NCc1c(Br)c(CC)nn1C. The highest BCUT2D eigenvalue weighted by molar-refractivity contribution is 9.10. The normalized spacial score (nSPS) is 23.1. The summed E-state index contributed by atoms with van der Waals surface area (Å²) in [5.41, 5.74) is 2.43. The molecule has 0 saturated heterocycles. The minimum Gasteiger partial charge on any atom is -0.308 e. The average molecular weight is 300 g/mol. The molecule has 1 aromatic heterocycles. The highest BCUT2D eigenvalue weighted by Crippen LogP contribution is 2.35. The molecule has 0 bridgehead atoms. The van der Waals surface area contributed by atoms with Gasteiger partial charge in [0.1, 0.15) is 0 Å². The van der Waals surface area contributed by atoms with E-state index in [4.69, 9.17) is 0 Å². The molecule has 2 atom stereocenters. The molecule has 1 aliphatic carbocycles. The van der Waals surface area contributed by atoms with Gasteiger partial charge in [-0.3, -0.25) is 4.68 Å². The number of aromatic nitrogens is 2. The van der Waals surface area contributed by atoms with E-state index >= 15 is 0 Å². The van der Waals surface area contributed by atoms with Gasteiger partial charge in [-0.1, -0.05) is 20.3 Å². The van der Waals surface area contributed by atoms with Crippen molar-refractivity contribution < 1.29 is 0 Å². The van der Waals surface area contributed by atoms with Crippen molar-refractivity contribution in [3.05, 3.63) is 15.9 Å². The van der Waals surface area contributed by atoms with Gasteiger partial charge in [0, 0.05) is 19.6 Å².